The fourth-order valence-electron chi connectivity index (χ4n) is 2.64. The molecule has 0 aliphatic rings. The van der Waals surface area contributed by atoms with Crippen LogP contribution in [0.4, 0.5) is 0 Å². The maximum absolute atomic E-state index is 12.6. The molecule has 0 aliphatic carbocycles. The average Bonchev–Trinajstić information content (AvgIpc) is 3.01. The van der Waals surface area contributed by atoms with Crippen molar-refractivity contribution in [2.24, 2.45) is 5.92 Å². The number of rotatable bonds is 6. The first-order chi connectivity index (χ1) is 12.8. The van der Waals surface area contributed by atoms with Crippen LogP contribution < -0.4 is 16.2 Å². The monoisotopic (exact) mass is 371 g/mol. The zero-order chi connectivity index (χ0) is 20.0. The second kappa shape index (κ2) is 9.02. The molecule has 3 N–H and O–H groups in total. The summed E-state index contributed by atoms with van der Waals surface area (Å²) in [7, 11) is 0. The Hall–Kier alpha value is -3.09. The largest absolute Gasteiger partial charge is 0.466 e. The predicted octanol–water partition coefficient (Wildman–Crippen LogP) is 2.50. The number of benzene rings is 1. The topological polar surface area (TPSA) is 100 Å². The molecule has 0 spiro atoms. The molecule has 0 aliphatic heterocycles. The van der Waals surface area contributed by atoms with Crippen LogP contribution in [0.5, 0.6) is 0 Å². The molecule has 0 fully saturated rings. The highest BCUT2D eigenvalue weighted by Gasteiger charge is 2.27. The highest BCUT2D eigenvalue weighted by molar-refractivity contribution is 5.99. The Morgan fingerprint density at radius 2 is 1.70 bits per heavy atom. The molecule has 1 heterocycles. The smallest absolute Gasteiger partial charge is 0.273 e. The van der Waals surface area contributed by atoms with Gasteiger partial charge in [-0.1, -0.05) is 38.5 Å². The van der Waals surface area contributed by atoms with E-state index in [2.05, 4.69) is 16.2 Å². The maximum atomic E-state index is 12.6. The summed E-state index contributed by atoms with van der Waals surface area (Å²) >= 11 is 0. The van der Waals surface area contributed by atoms with E-state index in [0.717, 1.165) is 0 Å². The van der Waals surface area contributed by atoms with Crippen LogP contribution in [-0.2, 0) is 4.79 Å². The lowest BCUT2D eigenvalue weighted by Gasteiger charge is -2.23. The fourth-order valence-corrected chi connectivity index (χ4v) is 2.64. The first kappa shape index (κ1) is 20.2. The molecule has 0 unspecified atom stereocenters. The van der Waals surface area contributed by atoms with Gasteiger partial charge in [0.15, 0.2) is 0 Å². The van der Waals surface area contributed by atoms with Crippen molar-refractivity contribution in [2.75, 3.05) is 0 Å². The van der Waals surface area contributed by atoms with Crippen LogP contribution in [0.2, 0.25) is 0 Å². The van der Waals surface area contributed by atoms with Gasteiger partial charge in [-0.15, -0.1) is 0 Å². The van der Waals surface area contributed by atoms with E-state index < -0.39 is 17.9 Å². The van der Waals surface area contributed by atoms with Crippen molar-refractivity contribution < 1.29 is 18.8 Å². The number of furan rings is 1. The minimum Gasteiger partial charge on any atom is -0.466 e. The van der Waals surface area contributed by atoms with Gasteiger partial charge in [0.25, 0.3) is 17.7 Å². The van der Waals surface area contributed by atoms with E-state index in [0.29, 0.717) is 29.1 Å². The lowest BCUT2D eigenvalue weighted by Crippen LogP contribution is -2.54. The zero-order valence-electron chi connectivity index (χ0n) is 16.0. The minimum absolute atomic E-state index is 0.118. The summed E-state index contributed by atoms with van der Waals surface area (Å²) in [6, 6.07) is 9.48. The van der Waals surface area contributed by atoms with Gasteiger partial charge in [0.2, 0.25) is 0 Å². The van der Waals surface area contributed by atoms with Crippen molar-refractivity contribution in [1.29, 1.82) is 0 Å². The van der Waals surface area contributed by atoms with Gasteiger partial charge in [0, 0.05) is 5.56 Å². The van der Waals surface area contributed by atoms with Gasteiger partial charge in [0.1, 0.15) is 17.6 Å². The van der Waals surface area contributed by atoms with Gasteiger partial charge in [-0.2, -0.15) is 0 Å². The van der Waals surface area contributed by atoms with Crippen LogP contribution in [0.1, 0.15) is 52.5 Å². The van der Waals surface area contributed by atoms with Crippen molar-refractivity contribution in [3.05, 3.63) is 59.0 Å². The standard InChI is InChI=1S/C20H25N3O4/c1-5-12(2)17(21-18(24)15-9-7-6-8-10-15)20(26)23-22-19(25)16-11-13(3)27-14(16)4/h6-12,17H,5H2,1-4H3,(H,21,24)(H,22,25)(H,23,26)/t12-,17-/m0/s1. The van der Waals surface area contributed by atoms with E-state index in [-0.39, 0.29) is 11.8 Å². The highest BCUT2D eigenvalue weighted by Crippen LogP contribution is 2.13. The number of nitrogens with one attached hydrogen (secondary N) is 3. The summed E-state index contributed by atoms with van der Waals surface area (Å²) in [5.41, 5.74) is 5.58. The Kier molecular flexibility index (Phi) is 6.76. The SMILES string of the molecule is CC[C@H](C)[C@H](NC(=O)c1ccccc1)C(=O)NNC(=O)c1cc(C)oc1C. The maximum Gasteiger partial charge on any atom is 0.273 e. The summed E-state index contributed by atoms with van der Waals surface area (Å²) in [5.74, 6) is -0.349. The Balaban J connectivity index is 2.03. The van der Waals surface area contributed by atoms with Crippen molar-refractivity contribution in [3.63, 3.8) is 0 Å². The Labute approximate surface area is 158 Å². The third-order valence-corrected chi connectivity index (χ3v) is 4.40. The molecule has 0 radical (unpaired) electrons. The van der Waals surface area contributed by atoms with Gasteiger partial charge in [0.05, 0.1) is 5.56 Å². The molecular weight excluding hydrogens is 346 g/mol. The summed E-state index contributed by atoms with van der Waals surface area (Å²) in [5, 5.41) is 2.74. The third-order valence-electron chi connectivity index (χ3n) is 4.40. The highest BCUT2D eigenvalue weighted by atomic mass is 16.3. The van der Waals surface area contributed by atoms with E-state index >= 15 is 0 Å². The van der Waals surface area contributed by atoms with E-state index in [9.17, 15) is 14.4 Å². The fraction of sp³-hybridized carbons (Fsp3) is 0.350. The number of hydrazine groups is 1. The van der Waals surface area contributed by atoms with Gasteiger partial charge in [-0.25, -0.2) is 0 Å². The van der Waals surface area contributed by atoms with E-state index in [1.807, 2.05) is 19.9 Å². The van der Waals surface area contributed by atoms with Crippen molar-refractivity contribution in [2.45, 2.75) is 40.2 Å². The zero-order valence-corrected chi connectivity index (χ0v) is 16.0. The first-order valence-electron chi connectivity index (χ1n) is 8.86. The normalized spacial score (nSPS) is 12.7. The van der Waals surface area contributed by atoms with Crippen molar-refractivity contribution in [1.82, 2.24) is 16.2 Å². The molecular formula is C20H25N3O4. The summed E-state index contributed by atoms with van der Waals surface area (Å²) in [4.78, 5) is 37.2. The number of carbonyl (C=O) groups is 3. The first-order valence-corrected chi connectivity index (χ1v) is 8.86. The van der Waals surface area contributed by atoms with E-state index in [1.165, 1.54) is 0 Å². The number of carbonyl (C=O) groups excluding carboxylic acids is 3. The summed E-state index contributed by atoms with van der Waals surface area (Å²) in [6.45, 7) is 7.20. The molecule has 1 aromatic heterocycles. The number of hydrogen-bond donors (Lipinski definition) is 3. The van der Waals surface area contributed by atoms with Crippen LogP contribution >= 0.6 is 0 Å². The minimum atomic E-state index is -0.782. The molecule has 0 saturated heterocycles. The molecule has 2 atom stereocenters. The molecule has 144 valence electrons. The summed E-state index contributed by atoms with van der Waals surface area (Å²) in [6.07, 6.45) is 0.682. The van der Waals surface area contributed by atoms with E-state index in [4.69, 9.17) is 4.42 Å². The van der Waals surface area contributed by atoms with Gasteiger partial charge in [-0.3, -0.25) is 25.2 Å². The summed E-state index contributed by atoms with van der Waals surface area (Å²) < 4.78 is 5.32. The molecule has 7 nitrogen and oxygen atoms in total. The Morgan fingerprint density at radius 1 is 1.04 bits per heavy atom. The molecule has 0 bridgehead atoms. The Bertz CT molecular complexity index is 814. The van der Waals surface area contributed by atoms with Crippen LogP contribution in [0.25, 0.3) is 0 Å². The second-order valence-corrected chi connectivity index (χ2v) is 6.47. The number of aryl methyl sites for hydroxylation is 2. The van der Waals surface area contributed by atoms with Crippen LogP contribution in [0.15, 0.2) is 40.8 Å². The number of hydrogen-bond acceptors (Lipinski definition) is 4. The molecule has 27 heavy (non-hydrogen) atoms. The van der Waals surface area contributed by atoms with Gasteiger partial charge >= 0.3 is 0 Å². The van der Waals surface area contributed by atoms with Gasteiger partial charge < -0.3 is 9.73 Å². The van der Waals surface area contributed by atoms with Crippen LogP contribution in [0, 0.1) is 19.8 Å². The third kappa shape index (κ3) is 5.20. The Morgan fingerprint density at radius 3 is 2.26 bits per heavy atom. The van der Waals surface area contributed by atoms with E-state index in [1.54, 1.807) is 44.2 Å². The lowest BCUT2D eigenvalue weighted by atomic mass is 9.98. The molecule has 7 heteroatoms. The molecule has 1 aromatic carbocycles. The molecule has 0 saturated carbocycles. The molecule has 2 aromatic rings. The second-order valence-electron chi connectivity index (χ2n) is 6.47. The van der Waals surface area contributed by atoms with Crippen molar-refractivity contribution >= 4 is 17.7 Å². The molecule has 2 rings (SSSR count). The quantitative estimate of drug-likeness (QED) is 0.679. The predicted molar refractivity (Wildman–Crippen MR) is 101 cm³/mol. The lowest BCUT2D eigenvalue weighted by molar-refractivity contribution is -0.124. The van der Waals surface area contributed by atoms with Crippen LogP contribution in [-0.4, -0.2) is 23.8 Å². The van der Waals surface area contributed by atoms with Crippen LogP contribution in [0.3, 0.4) is 0 Å². The van der Waals surface area contributed by atoms with Crippen molar-refractivity contribution in [3.8, 4) is 0 Å². The molecule has 3 amide bonds. The van der Waals surface area contributed by atoms with Gasteiger partial charge in [-0.05, 0) is 38.0 Å². The average molecular weight is 371 g/mol. The number of amides is 3.